The summed E-state index contributed by atoms with van der Waals surface area (Å²) in [7, 11) is 0. The van der Waals surface area contributed by atoms with E-state index in [1.54, 1.807) is 0 Å². The predicted octanol–water partition coefficient (Wildman–Crippen LogP) is 4.61. The van der Waals surface area contributed by atoms with Gasteiger partial charge in [-0.2, -0.15) is 0 Å². The fraction of sp³-hybridized carbons (Fsp3) is 0.556. The van der Waals surface area contributed by atoms with Crippen LogP contribution in [0.3, 0.4) is 0 Å². The lowest BCUT2D eigenvalue weighted by Gasteiger charge is -2.27. The van der Waals surface area contributed by atoms with E-state index in [2.05, 4.69) is 30.9 Å². The number of hydrogen-bond acceptors (Lipinski definition) is 5. The molecule has 0 bridgehead atoms. The summed E-state index contributed by atoms with van der Waals surface area (Å²) < 4.78 is 11.4. The van der Waals surface area contributed by atoms with Gasteiger partial charge < -0.3 is 24.6 Å². The Morgan fingerprint density at radius 2 is 1.24 bits per heavy atom. The molecule has 2 atom stereocenters. The minimum atomic E-state index is -0.668. The van der Waals surface area contributed by atoms with E-state index >= 15 is 0 Å². The number of halogens is 1. The first-order valence-electron chi connectivity index (χ1n) is 12.0. The fourth-order valence-electron chi connectivity index (χ4n) is 4.20. The van der Waals surface area contributed by atoms with Gasteiger partial charge in [0.05, 0.1) is 5.88 Å². The Morgan fingerprint density at radius 3 is 1.70 bits per heavy atom. The third-order valence-corrected chi connectivity index (χ3v) is 6.74. The Kier molecular flexibility index (Phi) is 9.87. The molecule has 1 saturated heterocycles. The Balaban J connectivity index is 1.52. The van der Waals surface area contributed by atoms with Crippen molar-refractivity contribution in [2.45, 2.75) is 57.2 Å². The quantitative estimate of drug-likeness (QED) is 0.465. The molecule has 5 nitrogen and oxygen atoms in total. The van der Waals surface area contributed by atoms with E-state index in [9.17, 15) is 10.2 Å². The summed E-state index contributed by atoms with van der Waals surface area (Å²) in [5.74, 6) is 1.63. The third kappa shape index (κ3) is 7.89. The van der Waals surface area contributed by atoms with Gasteiger partial charge in [0, 0.05) is 12.0 Å². The number of ether oxygens (including phenoxy) is 2. The van der Waals surface area contributed by atoms with Gasteiger partial charge in [0.25, 0.3) is 0 Å². The lowest BCUT2D eigenvalue weighted by Crippen LogP contribution is -2.36. The molecule has 182 valence electrons. The van der Waals surface area contributed by atoms with Gasteiger partial charge in [0.15, 0.2) is 0 Å². The van der Waals surface area contributed by atoms with Crippen LogP contribution in [0, 0.1) is 0 Å². The SMILES string of the molecule is CC(C)(c1ccc(OC[C@@H](O)CCl)cc1)c1ccc(OC[C@H](O)CN2CCCCCC2)cc1. The molecule has 0 spiro atoms. The average Bonchev–Trinajstić information content (AvgIpc) is 3.10. The van der Waals surface area contributed by atoms with E-state index < -0.39 is 12.2 Å². The highest BCUT2D eigenvalue weighted by Crippen LogP contribution is 2.33. The lowest BCUT2D eigenvalue weighted by molar-refractivity contribution is 0.0693. The van der Waals surface area contributed by atoms with Gasteiger partial charge in [0.2, 0.25) is 0 Å². The van der Waals surface area contributed by atoms with Crippen molar-refractivity contribution in [2.75, 3.05) is 38.7 Å². The number of alkyl halides is 1. The smallest absolute Gasteiger partial charge is 0.119 e. The largest absolute Gasteiger partial charge is 0.491 e. The van der Waals surface area contributed by atoms with Crippen molar-refractivity contribution in [1.29, 1.82) is 0 Å². The second-order valence-electron chi connectivity index (χ2n) is 9.47. The van der Waals surface area contributed by atoms with Crippen LogP contribution >= 0.6 is 11.6 Å². The molecule has 2 aromatic carbocycles. The van der Waals surface area contributed by atoms with Crippen molar-refractivity contribution < 1.29 is 19.7 Å². The van der Waals surface area contributed by atoms with Crippen molar-refractivity contribution in [3.05, 3.63) is 59.7 Å². The zero-order valence-corrected chi connectivity index (χ0v) is 20.6. The maximum Gasteiger partial charge on any atom is 0.119 e. The van der Waals surface area contributed by atoms with Crippen LogP contribution in [0.2, 0.25) is 0 Å². The first kappa shape index (κ1) is 25.8. The van der Waals surface area contributed by atoms with Crippen molar-refractivity contribution in [1.82, 2.24) is 4.90 Å². The maximum absolute atomic E-state index is 10.4. The molecule has 0 radical (unpaired) electrons. The van der Waals surface area contributed by atoms with Gasteiger partial charge in [-0.15, -0.1) is 11.6 Å². The Labute approximate surface area is 203 Å². The van der Waals surface area contributed by atoms with Crippen molar-refractivity contribution in [3.8, 4) is 11.5 Å². The molecule has 0 saturated carbocycles. The van der Waals surface area contributed by atoms with Crippen LogP contribution in [0.15, 0.2) is 48.5 Å². The molecule has 6 heteroatoms. The van der Waals surface area contributed by atoms with Gasteiger partial charge in [0.1, 0.15) is 36.9 Å². The topological polar surface area (TPSA) is 62.2 Å². The number of rotatable bonds is 11. The number of likely N-dealkylation sites (tertiary alicyclic amines) is 1. The van der Waals surface area contributed by atoms with E-state index in [0.717, 1.165) is 24.4 Å². The van der Waals surface area contributed by atoms with Gasteiger partial charge in [-0.25, -0.2) is 0 Å². The van der Waals surface area contributed by atoms with E-state index in [1.165, 1.54) is 31.2 Å². The summed E-state index contributed by atoms with van der Waals surface area (Å²) in [6, 6.07) is 16.0. The number of aliphatic hydroxyl groups excluding tert-OH is 2. The standard InChI is InChI=1S/C27H38ClNO4/c1-27(2,21-7-11-25(12-8-21)32-19-23(30)17-28)22-9-13-26(14-10-22)33-20-24(31)18-29-15-5-3-4-6-16-29/h7-14,23-24,30-31H,3-6,15-20H2,1-2H3/t23-,24+/m0/s1. The number of nitrogens with zero attached hydrogens (tertiary/aromatic N) is 1. The minimum Gasteiger partial charge on any atom is -0.491 e. The normalized spacial score (nSPS) is 17.2. The molecular formula is C27H38ClNO4. The van der Waals surface area contributed by atoms with Crippen molar-refractivity contribution in [3.63, 3.8) is 0 Å². The molecule has 0 amide bonds. The van der Waals surface area contributed by atoms with Gasteiger partial charge in [-0.3, -0.25) is 0 Å². The van der Waals surface area contributed by atoms with Gasteiger partial charge >= 0.3 is 0 Å². The number of aliphatic hydroxyl groups is 2. The van der Waals surface area contributed by atoms with E-state index in [-0.39, 0.29) is 17.9 Å². The monoisotopic (exact) mass is 475 g/mol. The highest BCUT2D eigenvalue weighted by Gasteiger charge is 2.23. The van der Waals surface area contributed by atoms with Gasteiger partial charge in [-0.05, 0) is 61.3 Å². The van der Waals surface area contributed by atoms with Crippen LogP contribution in [-0.2, 0) is 5.41 Å². The summed E-state index contributed by atoms with van der Waals surface area (Å²) in [6.07, 6.45) is 3.88. The predicted molar refractivity (Wildman–Crippen MR) is 134 cm³/mol. The number of hydrogen-bond donors (Lipinski definition) is 2. The summed E-state index contributed by atoms with van der Waals surface area (Å²) in [6.45, 7) is 7.67. The second-order valence-corrected chi connectivity index (χ2v) is 9.78. The molecule has 0 unspecified atom stereocenters. The van der Waals surface area contributed by atoms with E-state index in [0.29, 0.717) is 18.9 Å². The fourth-order valence-corrected chi connectivity index (χ4v) is 4.29. The molecule has 33 heavy (non-hydrogen) atoms. The molecule has 1 fully saturated rings. The third-order valence-electron chi connectivity index (χ3n) is 6.38. The van der Waals surface area contributed by atoms with Gasteiger partial charge in [-0.1, -0.05) is 51.0 Å². The molecule has 3 rings (SSSR count). The molecule has 1 aliphatic rings. The zero-order valence-electron chi connectivity index (χ0n) is 19.9. The highest BCUT2D eigenvalue weighted by molar-refractivity contribution is 6.18. The van der Waals surface area contributed by atoms with Crippen LogP contribution in [0.4, 0.5) is 0 Å². The first-order chi connectivity index (χ1) is 15.9. The minimum absolute atomic E-state index is 0.155. The lowest BCUT2D eigenvalue weighted by atomic mass is 9.78. The highest BCUT2D eigenvalue weighted by atomic mass is 35.5. The summed E-state index contributed by atoms with van der Waals surface area (Å²) in [5.41, 5.74) is 2.14. The maximum atomic E-state index is 10.4. The molecule has 1 aliphatic heterocycles. The van der Waals surface area contributed by atoms with E-state index in [1.807, 2.05) is 36.4 Å². The second kappa shape index (κ2) is 12.6. The van der Waals surface area contributed by atoms with E-state index in [4.69, 9.17) is 21.1 Å². The number of β-amino-alcohol motifs (C(OH)–C–C–N with tert-alkyl or cyclic N) is 1. The molecule has 1 heterocycles. The van der Waals surface area contributed by atoms with Crippen LogP contribution in [-0.4, -0.2) is 66.0 Å². The van der Waals surface area contributed by atoms with Crippen LogP contribution < -0.4 is 9.47 Å². The van der Waals surface area contributed by atoms with Crippen molar-refractivity contribution >= 4 is 11.6 Å². The zero-order chi connectivity index (χ0) is 23.7. The Hall–Kier alpha value is -1.79. The number of benzene rings is 2. The molecular weight excluding hydrogens is 438 g/mol. The summed E-state index contributed by atoms with van der Waals surface area (Å²) >= 11 is 5.61. The Bertz CT molecular complexity index is 817. The molecule has 2 N–H and O–H groups in total. The average molecular weight is 476 g/mol. The molecule has 0 aliphatic carbocycles. The first-order valence-corrected chi connectivity index (χ1v) is 12.5. The summed E-state index contributed by atoms with van der Waals surface area (Å²) in [4.78, 5) is 2.35. The summed E-state index contributed by atoms with van der Waals surface area (Å²) in [5, 5.41) is 19.9. The van der Waals surface area contributed by atoms with Crippen molar-refractivity contribution in [2.24, 2.45) is 0 Å². The molecule has 2 aromatic rings. The van der Waals surface area contributed by atoms with Crippen LogP contribution in [0.25, 0.3) is 0 Å². The Morgan fingerprint density at radius 1 is 0.788 bits per heavy atom. The van der Waals surface area contributed by atoms with Crippen LogP contribution in [0.5, 0.6) is 11.5 Å². The van der Waals surface area contributed by atoms with Crippen LogP contribution in [0.1, 0.15) is 50.7 Å². The molecule has 0 aromatic heterocycles.